The van der Waals surface area contributed by atoms with Crippen LogP contribution in [0.2, 0.25) is 10.0 Å². The number of amides is 2. The van der Waals surface area contributed by atoms with Gasteiger partial charge in [-0.2, -0.15) is 4.98 Å². The molecule has 6 rings (SSSR count). The van der Waals surface area contributed by atoms with E-state index in [4.69, 9.17) is 37.7 Å². The summed E-state index contributed by atoms with van der Waals surface area (Å²) in [5.74, 6) is -0.282. The number of fused-ring (bicyclic) bond motifs is 4. The number of carbonyl (C=O) groups is 2. The van der Waals surface area contributed by atoms with Gasteiger partial charge in [0.25, 0.3) is 11.8 Å². The Bertz CT molecular complexity index is 1740. The molecule has 1 N–H and O–H groups in total. The van der Waals surface area contributed by atoms with Crippen molar-refractivity contribution in [2.45, 2.75) is 32.4 Å². The van der Waals surface area contributed by atoms with Crippen LogP contribution in [-0.4, -0.2) is 45.6 Å². The second-order valence-electron chi connectivity index (χ2n) is 9.80. The van der Waals surface area contributed by atoms with Gasteiger partial charge in [0.15, 0.2) is 11.2 Å². The molecule has 1 unspecified atom stereocenters. The van der Waals surface area contributed by atoms with Gasteiger partial charge in [-0.15, -0.1) is 0 Å². The van der Waals surface area contributed by atoms with Crippen molar-refractivity contribution >= 4 is 46.4 Å². The van der Waals surface area contributed by atoms with E-state index in [0.29, 0.717) is 44.1 Å². The first kappa shape index (κ1) is 26.1. The van der Waals surface area contributed by atoms with Crippen LogP contribution in [0.3, 0.4) is 0 Å². The number of anilines is 2. The summed E-state index contributed by atoms with van der Waals surface area (Å²) in [6.07, 6.45) is 1.53. The number of methoxy groups -OCH3 is 2. The minimum Gasteiger partial charge on any atom is -0.480 e. The second kappa shape index (κ2) is 9.21. The smallest absolute Gasteiger partial charge is 0.319 e. The highest BCUT2D eigenvalue weighted by atomic mass is 35.5. The standard InChI is InChI=1S/C28H24Cl2N6O4/c1-13(2)35-22-21(33-23(35)17-12-31-27(40-5)34-24(17)39-4)25(37)36(16-8-6-14(3)19(30)11-16)28(22)18-9-7-15(29)10-20(18)32-26(28)38/h6-13H,1-5H3,(H,32,38). The molecule has 12 heteroatoms. The van der Waals surface area contributed by atoms with Gasteiger partial charge >= 0.3 is 6.01 Å². The fourth-order valence-corrected chi connectivity index (χ4v) is 5.85. The number of benzene rings is 2. The minimum atomic E-state index is -1.60. The second-order valence-corrected chi connectivity index (χ2v) is 10.6. The fourth-order valence-electron chi connectivity index (χ4n) is 5.50. The molecule has 40 heavy (non-hydrogen) atoms. The summed E-state index contributed by atoms with van der Waals surface area (Å²) in [5, 5.41) is 3.87. The maximum atomic E-state index is 14.4. The van der Waals surface area contributed by atoms with Gasteiger partial charge in [0.05, 0.1) is 25.5 Å². The van der Waals surface area contributed by atoms with Crippen LogP contribution in [0.25, 0.3) is 11.4 Å². The topological polar surface area (TPSA) is 111 Å². The Morgan fingerprint density at radius 1 is 1.02 bits per heavy atom. The number of nitrogens with zero attached hydrogens (tertiary/aromatic N) is 5. The molecule has 0 fully saturated rings. The Kier molecular flexibility index (Phi) is 6.01. The molecule has 10 nitrogen and oxygen atoms in total. The van der Waals surface area contributed by atoms with E-state index >= 15 is 0 Å². The number of nitrogens with one attached hydrogen (secondary N) is 1. The van der Waals surface area contributed by atoms with Crippen molar-refractivity contribution in [2.75, 3.05) is 24.4 Å². The maximum Gasteiger partial charge on any atom is 0.319 e. The minimum absolute atomic E-state index is 0.117. The van der Waals surface area contributed by atoms with Gasteiger partial charge < -0.3 is 19.4 Å². The van der Waals surface area contributed by atoms with Crippen molar-refractivity contribution in [2.24, 2.45) is 0 Å². The van der Waals surface area contributed by atoms with Gasteiger partial charge in [0.1, 0.15) is 5.82 Å². The number of imidazole rings is 1. The Labute approximate surface area is 239 Å². The Morgan fingerprint density at radius 2 is 1.80 bits per heavy atom. The highest BCUT2D eigenvalue weighted by Crippen LogP contribution is 2.54. The molecule has 0 radical (unpaired) electrons. The largest absolute Gasteiger partial charge is 0.480 e. The third kappa shape index (κ3) is 3.45. The Morgan fingerprint density at radius 3 is 2.48 bits per heavy atom. The summed E-state index contributed by atoms with van der Waals surface area (Å²) >= 11 is 12.8. The number of rotatable bonds is 5. The number of aromatic nitrogens is 4. The molecule has 2 aromatic heterocycles. The van der Waals surface area contributed by atoms with Crippen molar-refractivity contribution in [3.05, 3.63) is 75.2 Å². The summed E-state index contributed by atoms with van der Waals surface area (Å²) in [6, 6.07) is 10.3. The van der Waals surface area contributed by atoms with Crippen molar-refractivity contribution in [3.63, 3.8) is 0 Å². The first-order valence-corrected chi connectivity index (χ1v) is 13.2. The van der Waals surface area contributed by atoms with Crippen molar-refractivity contribution in [1.29, 1.82) is 0 Å². The molecule has 0 aliphatic carbocycles. The third-order valence-corrected chi connectivity index (χ3v) is 7.86. The lowest BCUT2D eigenvalue weighted by atomic mass is 9.87. The van der Waals surface area contributed by atoms with Gasteiger partial charge in [0.2, 0.25) is 5.88 Å². The van der Waals surface area contributed by atoms with Crippen molar-refractivity contribution < 1.29 is 19.1 Å². The molecular formula is C28H24Cl2N6O4. The van der Waals surface area contributed by atoms with Crippen LogP contribution in [0.4, 0.5) is 11.4 Å². The van der Waals surface area contributed by atoms with Crippen LogP contribution in [0.1, 0.15) is 47.2 Å². The average molecular weight is 579 g/mol. The van der Waals surface area contributed by atoms with E-state index in [0.717, 1.165) is 5.56 Å². The number of aryl methyl sites for hydroxylation is 1. The van der Waals surface area contributed by atoms with Crippen LogP contribution >= 0.6 is 23.2 Å². The molecule has 2 aliphatic heterocycles. The molecule has 4 heterocycles. The van der Waals surface area contributed by atoms with E-state index in [1.165, 1.54) is 25.3 Å². The first-order chi connectivity index (χ1) is 19.1. The predicted molar refractivity (Wildman–Crippen MR) is 151 cm³/mol. The van der Waals surface area contributed by atoms with Crippen LogP contribution < -0.4 is 19.7 Å². The van der Waals surface area contributed by atoms with E-state index in [2.05, 4.69) is 15.3 Å². The van der Waals surface area contributed by atoms with Gasteiger partial charge in [-0.3, -0.25) is 14.5 Å². The molecule has 0 bridgehead atoms. The number of ether oxygens (including phenoxy) is 2. The molecule has 2 aliphatic rings. The van der Waals surface area contributed by atoms with Crippen LogP contribution in [0, 0.1) is 6.92 Å². The van der Waals surface area contributed by atoms with E-state index in [1.807, 2.05) is 31.4 Å². The molecular weight excluding hydrogens is 555 g/mol. The average Bonchev–Trinajstić information content (AvgIpc) is 3.53. The van der Waals surface area contributed by atoms with Crippen LogP contribution in [0.15, 0.2) is 42.6 Å². The SMILES string of the molecule is COc1ncc(-c2nc3c(n2C(C)C)C2(C(=O)Nc4cc(Cl)ccc42)N(c2ccc(C)c(Cl)c2)C3=O)c(OC)n1. The molecule has 0 saturated heterocycles. The Hall–Kier alpha value is -4.15. The van der Waals surface area contributed by atoms with Crippen molar-refractivity contribution in [1.82, 2.24) is 19.5 Å². The van der Waals surface area contributed by atoms with E-state index in [1.54, 1.807) is 30.3 Å². The van der Waals surface area contributed by atoms with Crippen LogP contribution in [-0.2, 0) is 10.3 Å². The highest BCUT2D eigenvalue weighted by molar-refractivity contribution is 6.32. The highest BCUT2D eigenvalue weighted by Gasteiger charge is 2.64. The Balaban J connectivity index is 1.71. The summed E-state index contributed by atoms with van der Waals surface area (Å²) in [5.41, 5.74) is 1.74. The fraction of sp³-hybridized carbons (Fsp3) is 0.250. The first-order valence-electron chi connectivity index (χ1n) is 12.4. The lowest BCUT2D eigenvalue weighted by molar-refractivity contribution is -0.119. The van der Waals surface area contributed by atoms with Gasteiger partial charge in [-0.05, 0) is 50.6 Å². The molecule has 1 spiro atoms. The molecule has 204 valence electrons. The summed E-state index contributed by atoms with van der Waals surface area (Å²) in [7, 11) is 2.93. The molecule has 2 aromatic carbocycles. The summed E-state index contributed by atoms with van der Waals surface area (Å²) in [6.45, 7) is 5.76. The van der Waals surface area contributed by atoms with Gasteiger partial charge in [-0.1, -0.05) is 35.3 Å². The van der Waals surface area contributed by atoms with Crippen molar-refractivity contribution in [3.8, 4) is 23.3 Å². The van der Waals surface area contributed by atoms with Gasteiger partial charge in [0, 0.05) is 39.2 Å². The molecule has 1 atom stereocenters. The number of hydrogen-bond donors (Lipinski definition) is 1. The normalized spacial score (nSPS) is 17.4. The zero-order valence-corrected chi connectivity index (χ0v) is 23.8. The number of carbonyl (C=O) groups excluding carboxylic acids is 2. The molecule has 0 saturated carbocycles. The van der Waals surface area contributed by atoms with E-state index < -0.39 is 17.4 Å². The predicted octanol–water partition coefficient (Wildman–Crippen LogP) is 5.41. The maximum absolute atomic E-state index is 14.4. The van der Waals surface area contributed by atoms with Gasteiger partial charge in [-0.25, -0.2) is 9.97 Å². The summed E-state index contributed by atoms with van der Waals surface area (Å²) < 4.78 is 12.6. The monoisotopic (exact) mass is 578 g/mol. The molecule has 2 amide bonds. The lowest BCUT2D eigenvalue weighted by Gasteiger charge is -2.36. The van der Waals surface area contributed by atoms with E-state index in [-0.39, 0.29) is 23.6 Å². The summed E-state index contributed by atoms with van der Waals surface area (Å²) in [4.78, 5) is 43.5. The molecule has 4 aromatic rings. The number of halogens is 2. The quantitative estimate of drug-likeness (QED) is 0.337. The third-order valence-electron chi connectivity index (χ3n) is 7.22. The van der Waals surface area contributed by atoms with E-state index in [9.17, 15) is 9.59 Å². The zero-order valence-electron chi connectivity index (χ0n) is 22.2. The lowest BCUT2D eigenvalue weighted by Crippen LogP contribution is -2.51. The van der Waals surface area contributed by atoms with Crippen LogP contribution in [0.5, 0.6) is 11.9 Å². The number of hydrogen-bond acceptors (Lipinski definition) is 7. The zero-order chi connectivity index (χ0) is 28.5.